The van der Waals surface area contributed by atoms with Gasteiger partial charge in [0.1, 0.15) is 6.10 Å². The maximum absolute atomic E-state index is 12.3. The first-order valence-electron chi connectivity index (χ1n) is 7.98. The Morgan fingerprint density at radius 1 is 1.17 bits per heavy atom. The number of para-hydroxylation sites is 1. The zero-order chi connectivity index (χ0) is 16.7. The van der Waals surface area contributed by atoms with Crippen molar-refractivity contribution >= 4 is 32.7 Å². The number of rotatable bonds is 3. The van der Waals surface area contributed by atoms with Crippen LogP contribution in [-0.2, 0) is 4.74 Å². The average Bonchev–Trinajstić information content (AvgIpc) is 2.92. The predicted octanol–water partition coefficient (Wildman–Crippen LogP) is 3.96. The zero-order valence-electron chi connectivity index (χ0n) is 13.7. The molecule has 4 nitrogen and oxygen atoms in total. The summed E-state index contributed by atoms with van der Waals surface area (Å²) in [6.07, 6.45) is -0.0645. The van der Waals surface area contributed by atoms with Crippen molar-refractivity contribution in [1.82, 2.24) is 4.98 Å². The number of anilines is 1. The maximum Gasteiger partial charge on any atom is 0.338 e. The van der Waals surface area contributed by atoms with Crippen LogP contribution in [0.1, 0.15) is 21.5 Å². The summed E-state index contributed by atoms with van der Waals surface area (Å²) in [5.74, 6) is -0.240. The van der Waals surface area contributed by atoms with Crippen LogP contribution in [0.5, 0.6) is 0 Å². The van der Waals surface area contributed by atoms with Crippen molar-refractivity contribution in [3.8, 4) is 0 Å². The van der Waals surface area contributed by atoms with Crippen LogP contribution in [0.15, 0.2) is 42.5 Å². The van der Waals surface area contributed by atoms with Gasteiger partial charge in [0.25, 0.3) is 0 Å². The first-order valence-corrected chi connectivity index (χ1v) is 8.80. The van der Waals surface area contributed by atoms with Gasteiger partial charge in [0.2, 0.25) is 0 Å². The van der Waals surface area contributed by atoms with Gasteiger partial charge in [-0.05, 0) is 38.1 Å². The van der Waals surface area contributed by atoms with E-state index in [0.717, 1.165) is 21.8 Å². The molecule has 0 bridgehead atoms. The number of carbonyl (C=O) groups excluding carboxylic acids is 1. The van der Waals surface area contributed by atoms with E-state index in [1.54, 1.807) is 11.3 Å². The first-order chi connectivity index (χ1) is 11.6. The highest BCUT2D eigenvalue weighted by Crippen LogP contribution is 2.31. The van der Waals surface area contributed by atoms with Crippen LogP contribution in [0.3, 0.4) is 0 Å². The SMILES string of the molecule is Cc1cc(C)cc(C(=O)OC2CN(c3nc4ccccc4s3)C2)c1. The monoisotopic (exact) mass is 338 g/mol. The standard InChI is InChI=1S/C19H18N2O2S/c1-12-7-13(2)9-14(8-12)18(22)23-15-10-21(11-15)19-20-16-5-3-4-6-17(16)24-19/h3-9,15H,10-11H2,1-2H3. The lowest BCUT2D eigenvalue weighted by Gasteiger charge is -2.38. The molecule has 4 rings (SSSR count). The largest absolute Gasteiger partial charge is 0.455 e. The van der Waals surface area contributed by atoms with Crippen molar-refractivity contribution in [2.45, 2.75) is 20.0 Å². The lowest BCUT2D eigenvalue weighted by molar-refractivity contribution is 0.0234. The molecule has 0 unspecified atom stereocenters. The molecule has 1 saturated heterocycles. The molecule has 0 N–H and O–H groups in total. The fourth-order valence-corrected chi connectivity index (χ4v) is 3.96. The number of esters is 1. The van der Waals surface area contributed by atoms with Gasteiger partial charge in [0.05, 0.1) is 28.9 Å². The highest BCUT2D eigenvalue weighted by Gasteiger charge is 2.32. The molecule has 1 aromatic heterocycles. The molecule has 0 saturated carbocycles. The van der Waals surface area contributed by atoms with E-state index in [9.17, 15) is 4.79 Å². The zero-order valence-corrected chi connectivity index (χ0v) is 14.5. The quantitative estimate of drug-likeness (QED) is 0.678. The van der Waals surface area contributed by atoms with E-state index < -0.39 is 0 Å². The van der Waals surface area contributed by atoms with Gasteiger partial charge in [-0.15, -0.1) is 0 Å². The molecular weight excluding hydrogens is 320 g/mol. The molecule has 2 aromatic carbocycles. The number of fused-ring (bicyclic) bond motifs is 1. The second-order valence-electron chi connectivity index (χ2n) is 6.27. The Bertz CT molecular complexity index is 859. The van der Waals surface area contributed by atoms with Crippen molar-refractivity contribution in [2.24, 2.45) is 0 Å². The molecule has 1 aliphatic rings. The predicted molar refractivity (Wildman–Crippen MR) is 97.0 cm³/mol. The second kappa shape index (κ2) is 5.91. The Labute approximate surface area is 144 Å². The molecule has 0 amide bonds. The van der Waals surface area contributed by atoms with Gasteiger partial charge in [0.15, 0.2) is 5.13 Å². The van der Waals surface area contributed by atoms with Crippen LogP contribution in [0.4, 0.5) is 5.13 Å². The van der Waals surface area contributed by atoms with E-state index in [2.05, 4.69) is 22.0 Å². The summed E-state index contributed by atoms with van der Waals surface area (Å²) < 4.78 is 6.79. The fourth-order valence-electron chi connectivity index (χ4n) is 2.98. The molecule has 5 heteroatoms. The Morgan fingerprint density at radius 2 is 1.88 bits per heavy atom. The third-order valence-electron chi connectivity index (χ3n) is 4.13. The molecule has 3 aromatic rings. The Balaban J connectivity index is 1.39. The number of carbonyl (C=O) groups is 1. The summed E-state index contributed by atoms with van der Waals surface area (Å²) >= 11 is 1.68. The smallest absolute Gasteiger partial charge is 0.338 e. The van der Waals surface area contributed by atoms with Crippen LogP contribution in [0, 0.1) is 13.8 Å². The van der Waals surface area contributed by atoms with Crippen LogP contribution in [0.25, 0.3) is 10.2 Å². The van der Waals surface area contributed by atoms with Gasteiger partial charge in [-0.1, -0.05) is 40.7 Å². The number of aryl methyl sites for hydroxylation is 2. The van der Waals surface area contributed by atoms with Crippen LogP contribution < -0.4 is 4.90 Å². The Hall–Kier alpha value is -2.40. The van der Waals surface area contributed by atoms with E-state index >= 15 is 0 Å². The molecule has 2 heterocycles. The van der Waals surface area contributed by atoms with Crippen molar-refractivity contribution in [3.63, 3.8) is 0 Å². The number of hydrogen-bond acceptors (Lipinski definition) is 5. The molecular formula is C19H18N2O2S. The number of nitrogens with zero attached hydrogens (tertiary/aromatic N) is 2. The molecule has 0 radical (unpaired) electrons. The van der Waals surface area contributed by atoms with Crippen LogP contribution in [0.2, 0.25) is 0 Å². The lowest BCUT2D eigenvalue weighted by atomic mass is 10.1. The van der Waals surface area contributed by atoms with Crippen molar-refractivity contribution in [2.75, 3.05) is 18.0 Å². The van der Waals surface area contributed by atoms with Crippen LogP contribution >= 0.6 is 11.3 Å². The first kappa shape index (κ1) is 15.1. The van der Waals surface area contributed by atoms with Gasteiger partial charge in [-0.2, -0.15) is 0 Å². The van der Waals surface area contributed by atoms with Crippen LogP contribution in [-0.4, -0.2) is 30.1 Å². The van der Waals surface area contributed by atoms with Gasteiger partial charge in [-0.25, -0.2) is 9.78 Å². The molecule has 24 heavy (non-hydrogen) atoms. The summed E-state index contributed by atoms with van der Waals surface area (Å²) in [5.41, 5.74) is 3.80. The topological polar surface area (TPSA) is 42.4 Å². The molecule has 0 aliphatic carbocycles. The molecule has 122 valence electrons. The van der Waals surface area contributed by atoms with E-state index in [1.165, 1.54) is 4.70 Å². The van der Waals surface area contributed by atoms with Gasteiger partial charge >= 0.3 is 5.97 Å². The van der Waals surface area contributed by atoms with Gasteiger partial charge in [-0.3, -0.25) is 0 Å². The third-order valence-corrected chi connectivity index (χ3v) is 5.23. The molecule has 0 spiro atoms. The minimum Gasteiger partial charge on any atom is -0.455 e. The summed E-state index contributed by atoms with van der Waals surface area (Å²) in [4.78, 5) is 19.1. The number of hydrogen-bond donors (Lipinski definition) is 0. The average molecular weight is 338 g/mol. The second-order valence-corrected chi connectivity index (χ2v) is 7.28. The van der Waals surface area contributed by atoms with Crippen molar-refractivity contribution in [1.29, 1.82) is 0 Å². The Morgan fingerprint density at radius 3 is 2.58 bits per heavy atom. The number of benzene rings is 2. The summed E-state index contributed by atoms with van der Waals surface area (Å²) in [5, 5.41) is 0.995. The summed E-state index contributed by atoms with van der Waals surface area (Å²) in [6, 6.07) is 13.9. The molecule has 1 fully saturated rings. The minimum absolute atomic E-state index is 0.0645. The molecule has 0 atom stereocenters. The van der Waals surface area contributed by atoms with Crippen molar-refractivity contribution < 1.29 is 9.53 Å². The Kier molecular flexibility index (Phi) is 3.73. The highest BCUT2D eigenvalue weighted by molar-refractivity contribution is 7.22. The van der Waals surface area contributed by atoms with Gasteiger partial charge < -0.3 is 9.64 Å². The highest BCUT2D eigenvalue weighted by atomic mass is 32.1. The number of thiazole rings is 1. The molecule has 1 aliphatic heterocycles. The third kappa shape index (κ3) is 2.87. The lowest BCUT2D eigenvalue weighted by Crippen LogP contribution is -2.53. The van der Waals surface area contributed by atoms with Crippen molar-refractivity contribution in [3.05, 3.63) is 59.2 Å². The van der Waals surface area contributed by atoms with E-state index in [1.807, 2.05) is 44.2 Å². The summed E-state index contributed by atoms with van der Waals surface area (Å²) in [6.45, 7) is 5.39. The number of ether oxygens (including phenoxy) is 1. The minimum atomic E-state index is -0.240. The maximum atomic E-state index is 12.3. The van der Waals surface area contributed by atoms with E-state index in [4.69, 9.17) is 4.74 Å². The summed E-state index contributed by atoms with van der Waals surface area (Å²) in [7, 11) is 0. The number of aromatic nitrogens is 1. The van der Waals surface area contributed by atoms with E-state index in [0.29, 0.717) is 18.7 Å². The fraction of sp³-hybridized carbons (Fsp3) is 0.263. The van der Waals surface area contributed by atoms with Gasteiger partial charge in [0, 0.05) is 0 Å². The van der Waals surface area contributed by atoms with E-state index in [-0.39, 0.29) is 12.1 Å². The normalized spacial score (nSPS) is 14.7.